The van der Waals surface area contributed by atoms with Gasteiger partial charge in [0.2, 0.25) is 0 Å². The van der Waals surface area contributed by atoms with Crippen molar-refractivity contribution in [2.45, 2.75) is 13.5 Å². The third-order valence-electron chi connectivity index (χ3n) is 3.76. The average Bonchev–Trinajstić information content (AvgIpc) is 3.16. The van der Waals surface area contributed by atoms with Gasteiger partial charge in [0, 0.05) is 20.2 Å². The normalized spacial score (nSPS) is 10.7. The van der Waals surface area contributed by atoms with Gasteiger partial charge in [-0.3, -0.25) is 0 Å². The molecule has 0 saturated heterocycles. The van der Waals surface area contributed by atoms with Gasteiger partial charge in [0.05, 0.1) is 18.9 Å². The number of hydrogen-bond donors (Lipinski definition) is 1. The molecule has 0 fully saturated rings. The van der Waals surface area contributed by atoms with Crippen LogP contribution in [0.15, 0.2) is 48.5 Å². The fraction of sp³-hybridized carbons (Fsp3) is 0.316. The Bertz CT molecular complexity index is 838. The quantitative estimate of drug-likeness (QED) is 0.550. The number of aromatic nitrogens is 4. The van der Waals surface area contributed by atoms with Crippen LogP contribution >= 0.6 is 0 Å². The Labute approximate surface area is 158 Å². The van der Waals surface area contributed by atoms with Crippen LogP contribution in [0.3, 0.4) is 0 Å². The Morgan fingerprint density at radius 2 is 1.93 bits per heavy atom. The van der Waals surface area contributed by atoms with Crippen molar-refractivity contribution in [2.75, 3.05) is 26.9 Å². The first-order valence-electron chi connectivity index (χ1n) is 8.79. The maximum Gasteiger partial charge on any atom is 0.346 e. The Morgan fingerprint density at radius 1 is 1.07 bits per heavy atom. The molecule has 1 N–H and O–H groups in total. The maximum absolute atomic E-state index is 5.95. The third-order valence-corrected chi connectivity index (χ3v) is 3.76. The molecule has 142 valence electrons. The number of methoxy groups -OCH3 is 1. The van der Waals surface area contributed by atoms with E-state index in [4.69, 9.17) is 14.2 Å². The maximum atomic E-state index is 5.95. The summed E-state index contributed by atoms with van der Waals surface area (Å²) in [5.74, 6) is 1.20. The molecule has 2 aromatic carbocycles. The molecule has 8 nitrogen and oxygen atoms in total. The number of nitrogens with one attached hydrogen (secondary N) is 1. The van der Waals surface area contributed by atoms with Crippen molar-refractivity contribution < 1.29 is 14.2 Å². The van der Waals surface area contributed by atoms with Crippen molar-refractivity contribution in [2.24, 2.45) is 0 Å². The molecule has 0 spiro atoms. The van der Waals surface area contributed by atoms with Gasteiger partial charge in [-0.25, -0.2) is 0 Å². The molecule has 0 aliphatic heterocycles. The van der Waals surface area contributed by atoms with E-state index >= 15 is 0 Å². The molecule has 0 bridgehead atoms. The lowest BCUT2D eigenvalue weighted by Gasteiger charge is -2.13. The molecule has 0 aliphatic rings. The van der Waals surface area contributed by atoms with E-state index in [2.05, 4.69) is 20.8 Å². The molecular weight excluding hydrogens is 346 g/mol. The van der Waals surface area contributed by atoms with Crippen molar-refractivity contribution in [1.29, 1.82) is 0 Å². The molecule has 1 aromatic heterocycles. The second-order valence-corrected chi connectivity index (χ2v) is 5.69. The number of nitrogens with zero attached hydrogens (tertiary/aromatic N) is 4. The van der Waals surface area contributed by atoms with Gasteiger partial charge in [0.15, 0.2) is 11.5 Å². The fourth-order valence-corrected chi connectivity index (χ4v) is 2.49. The predicted octanol–water partition coefficient (Wildman–Crippen LogP) is 2.59. The molecule has 0 aliphatic carbocycles. The number of rotatable bonds is 10. The average molecular weight is 369 g/mol. The monoisotopic (exact) mass is 369 g/mol. The van der Waals surface area contributed by atoms with Crippen LogP contribution in [-0.2, 0) is 11.3 Å². The van der Waals surface area contributed by atoms with Crippen LogP contribution in [0, 0.1) is 0 Å². The molecule has 8 heteroatoms. The molecule has 27 heavy (non-hydrogen) atoms. The highest BCUT2D eigenvalue weighted by Gasteiger charge is 2.14. The zero-order chi connectivity index (χ0) is 18.9. The van der Waals surface area contributed by atoms with Gasteiger partial charge in [0.1, 0.15) is 0 Å². The SMILES string of the molecule is CCOc1cc(CNCCOC)ccc1Oc1nnnn1-c1ccccc1. The molecule has 0 saturated carbocycles. The Balaban J connectivity index is 1.78. The van der Waals surface area contributed by atoms with E-state index in [0.717, 1.165) is 17.8 Å². The summed E-state index contributed by atoms with van der Waals surface area (Å²) in [7, 11) is 1.68. The highest BCUT2D eigenvalue weighted by atomic mass is 16.5. The van der Waals surface area contributed by atoms with Gasteiger partial charge in [-0.1, -0.05) is 29.4 Å². The van der Waals surface area contributed by atoms with Crippen LogP contribution < -0.4 is 14.8 Å². The van der Waals surface area contributed by atoms with Gasteiger partial charge in [0.25, 0.3) is 0 Å². The van der Waals surface area contributed by atoms with Crippen LogP contribution in [0.5, 0.6) is 17.5 Å². The summed E-state index contributed by atoms with van der Waals surface area (Å²) in [4.78, 5) is 0. The summed E-state index contributed by atoms with van der Waals surface area (Å²) in [6.45, 7) is 4.62. The summed E-state index contributed by atoms with van der Waals surface area (Å²) >= 11 is 0. The molecule has 0 atom stereocenters. The third kappa shape index (κ3) is 5.02. The molecule has 3 rings (SSSR count). The summed E-state index contributed by atoms with van der Waals surface area (Å²) in [5.41, 5.74) is 1.90. The zero-order valence-corrected chi connectivity index (χ0v) is 15.5. The molecule has 0 amide bonds. The number of benzene rings is 2. The van der Waals surface area contributed by atoms with E-state index in [1.165, 1.54) is 4.68 Å². The van der Waals surface area contributed by atoms with Crippen LogP contribution in [0.25, 0.3) is 5.69 Å². The van der Waals surface area contributed by atoms with Crippen LogP contribution in [0.2, 0.25) is 0 Å². The molecule has 3 aromatic rings. The predicted molar refractivity (Wildman–Crippen MR) is 100 cm³/mol. The van der Waals surface area contributed by atoms with Crippen LogP contribution in [0.1, 0.15) is 12.5 Å². The van der Waals surface area contributed by atoms with Gasteiger partial charge >= 0.3 is 6.01 Å². The molecule has 0 radical (unpaired) electrons. The number of hydrogen-bond acceptors (Lipinski definition) is 7. The van der Waals surface area contributed by atoms with Crippen molar-refractivity contribution in [1.82, 2.24) is 25.5 Å². The van der Waals surface area contributed by atoms with Gasteiger partial charge in [-0.15, -0.1) is 0 Å². The molecular formula is C19H23N5O3. The van der Waals surface area contributed by atoms with Gasteiger partial charge in [-0.2, -0.15) is 4.68 Å². The first-order valence-corrected chi connectivity index (χ1v) is 8.79. The lowest BCUT2D eigenvalue weighted by atomic mass is 10.2. The second-order valence-electron chi connectivity index (χ2n) is 5.69. The lowest BCUT2D eigenvalue weighted by molar-refractivity contribution is 0.199. The number of ether oxygens (including phenoxy) is 3. The van der Waals surface area contributed by atoms with Gasteiger partial charge in [-0.05, 0) is 47.2 Å². The Kier molecular flexibility index (Phi) is 6.72. The second kappa shape index (κ2) is 9.65. The first kappa shape index (κ1) is 18.8. The smallest absolute Gasteiger partial charge is 0.346 e. The van der Waals surface area contributed by atoms with E-state index in [1.807, 2.05) is 55.5 Å². The minimum Gasteiger partial charge on any atom is -0.490 e. The van der Waals surface area contributed by atoms with E-state index in [9.17, 15) is 0 Å². The van der Waals surface area contributed by atoms with Crippen molar-refractivity contribution in [3.63, 3.8) is 0 Å². The van der Waals surface area contributed by atoms with E-state index in [1.54, 1.807) is 7.11 Å². The lowest BCUT2D eigenvalue weighted by Crippen LogP contribution is -2.18. The zero-order valence-electron chi connectivity index (χ0n) is 15.5. The number of para-hydroxylation sites is 1. The standard InChI is InChI=1S/C19H23N5O3/c1-3-26-18-13-15(14-20-11-12-25-2)9-10-17(18)27-19-21-22-23-24(19)16-7-5-4-6-8-16/h4-10,13,20H,3,11-12,14H2,1-2H3. The topological polar surface area (TPSA) is 83.3 Å². The summed E-state index contributed by atoms with van der Waals surface area (Å²) < 4.78 is 18.3. The minimum atomic E-state index is 0.271. The summed E-state index contributed by atoms with van der Waals surface area (Å²) in [6, 6.07) is 15.6. The molecule has 1 heterocycles. The largest absolute Gasteiger partial charge is 0.490 e. The van der Waals surface area contributed by atoms with Crippen LogP contribution in [0.4, 0.5) is 0 Å². The molecule has 0 unspecified atom stereocenters. The fourth-order valence-electron chi connectivity index (χ4n) is 2.49. The van der Waals surface area contributed by atoms with E-state index in [0.29, 0.717) is 31.3 Å². The van der Waals surface area contributed by atoms with Gasteiger partial charge < -0.3 is 19.5 Å². The summed E-state index contributed by atoms with van der Waals surface area (Å²) in [6.07, 6.45) is 0. The van der Waals surface area contributed by atoms with Crippen molar-refractivity contribution in [3.05, 3.63) is 54.1 Å². The number of tetrazole rings is 1. The summed E-state index contributed by atoms with van der Waals surface area (Å²) in [5, 5.41) is 15.0. The first-order chi connectivity index (χ1) is 13.3. The minimum absolute atomic E-state index is 0.271. The highest BCUT2D eigenvalue weighted by molar-refractivity contribution is 5.44. The van der Waals surface area contributed by atoms with E-state index < -0.39 is 0 Å². The van der Waals surface area contributed by atoms with E-state index in [-0.39, 0.29) is 6.01 Å². The highest BCUT2D eigenvalue weighted by Crippen LogP contribution is 2.32. The van der Waals surface area contributed by atoms with Crippen molar-refractivity contribution in [3.8, 4) is 23.2 Å². The van der Waals surface area contributed by atoms with Crippen molar-refractivity contribution >= 4 is 0 Å². The Morgan fingerprint density at radius 3 is 2.70 bits per heavy atom. The van der Waals surface area contributed by atoms with Crippen LogP contribution in [-0.4, -0.2) is 47.1 Å². The Hall–Kier alpha value is -2.97.